The summed E-state index contributed by atoms with van der Waals surface area (Å²) in [6.07, 6.45) is 10.4. The minimum atomic E-state index is -0.378. The van der Waals surface area contributed by atoms with Gasteiger partial charge in [0.15, 0.2) is 0 Å². The average molecular weight is 342 g/mol. The van der Waals surface area contributed by atoms with Crippen LogP contribution in [0, 0.1) is 11.8 Å². The molecule has 3 rings (SSSR count). The highest BCUT2D eigenvalue weighted by Gasteiger charge is 2.25. The van der Waals surface area contributed by atoms with Gasteiger partial charge in [0.25, 0.3) is 0 Å². The number of amides is 2. The molecule has 0 unspecified atom stereocenters. The molecular formula is C21H30N2O2. The molecule has 0 bridgehead atoms. The van der Waals surface area contributed by atoms with Crippen molar-refractivity contribution in [2.45, 2.75) is 57.8 Å². The number of likely N-dealkylation sites (tertiary alicyclic amines) is 1. The van der Waals surface area contributed by atoms with Gasteiger partial charge in [-0.25, -0.2) is 0 Å². The maximum absolute atomic E-state index is 12.5. The van der Waals surface area contributed by atoms with Crippen LogP contribution < -0.4 is 5.73 Å². The lowest BCUT2D eigenvalue weighted by atomic mass is 9.86. The van der Waals surface area contributed by atoms with Crippen LogP contribution in [0.25, 0.3) is 0 Å². The summed E-state index contributed by atoms with van der Waals surface area (Å²) in [4.78, 5) is 25.7. The first-order valence-corrected chi connectivity index (χ1v) is 9.78. The number of rotatable bonds is 5. The van der Waals surface area contributed by atoms with Crippen molar-refractivity contribution in [1.82, 2.24) is 4.90 Å². The van der Waals surface area contributed by atoms with E-state index in [0.29, 0.717) is 23.3 Å². The Hall–Kier alpha value is -1.84. The summed E-state index contributed by atoms with van der Waals surface area (Å²) in [5.74, 6) is 1.24. The van der Waals surface area contributed by atoms with Gasteiger partial charge in [0, 0.05) is 25.1 Å². The fourth-order valence-corrected chi connectivity index (χ4v) is 4.29. The van der Waals surface area contributed by atoms with Gasteiger partial charge in [0.1, 0.15) is 0 Å². The molecule has 2 aliphatic rings. The molecule has 4 heteroatoms. The monoisotopic (exact) mass is 342 g/mol. The highest BCUT2D eigenvalue weighted by atomic mass is 16.2. The number of benzene rings is 1. The summed E-state index contributed by atoms with van der Waals surface area (Å²) in [6.45, 7) is 1.80. The van der Waals surface area contributed by atoms with Gasteiger partial charge >= 0.3 is 0 Å². The molecular weight excluding hydrogens is 312 g/mol. The van der Waals surface area contributed by atoms with E-state index in [9.17, 15) is 9.59 Å². The summed E-state index contributed by atoms with van der Waals surface area (Å²) >= 11 is 0. The van der Waals surface area contributed by atoms with Crippen LogP contribution >= 0.6 is 0 Å². The van der Waals surface area contributed by atoms with Gasteiger partial charge in [-0.05, 0) is 61.6 Å². The van der Waals surface area contributed by atoms with E-state index in [0.717, 1.165) is 38.8 Å². The van der Waals surface area contributed by atoms with Gasteiger partial charge in [0.2, 0.25) is 11.8 Å². The molecule has 1 heterocycles. The molecule has 0 spiro atoms. The van der Waals surface area contributed by atoms with Crippen molar-refractivity contribution in [3.8, 4) is 0 Å². The van der Waals surface area contributed by atoms with Crippen molar-refractivity contribution in [2.24, 2.45) is 17.6 Å². The molecule has 1 saturated carbocycles. The SMILES string of the molecule is NC(=O)c1ccc(CC2CCN(C(=O)CC3CCCCC3)CC2)cc1. The second-order valence-electron chi connectivity index (χ2n) is 7.80. The average Bonchev–Trinajstić information content (AvgIpc) is 2.63. The largest absolute Gasteiger partial charge is 0.366 e. The number of hydrogen-bond acceptors (Lipinski definition) is 2. The topological polar surface area (TPSA) is 63.4 Å². The molecule has 2 fully saturated rings. The van der Waals surface area contributed by atoms with E-state index >= 15 is 0 Å². The van der Waals surface area contributed by atoms with Crippen molar-refractivity contribution in [1.29, 1.82) is 0 Å². The lowest BCUT2D eigenvalue weighted by Gasteiger charge is -2.33. The van der Waals surface area contributed by atoms with Gasteiger partial charge in [-0.15, -0.1) is 0 Å². The van der Waals surface area contributed by atoms with Crippen molar-refractivity contribution in [2.75, 3.05) is 13.1 Å². The van der Waals surface area contributed by atoms with Crippen LogP contribution in [0.3, 0.4) is 0 Å². The highest BCUT2D eigenvalue weighted by molar-refractivity contribution is 5.92. The molecule has 25 heavy (non-hydrogen) atoms. The summed E-state index contributed by atoms with van der Waals surface area (Å²) in [5, 5.41) is 0. The molecule has 1 aromatic carbocycles. The molecule has 0 aromatic heterocycles. The van der Waals surface area contributed by atoms with Crippen LogP contribution in [0.5, 0.6) is 0 Å². The number of hydrogen-bond donors (Lipinski definition) is 1. The van der Waals surface area contributed by atoms with E-state index in [2.05, 4.69) is 4.90 Å². The lowest BCUT2D eigenvalue weighted by molar-refractivity contribution is -0.133. The van der Waals surface area contributed by atoms with E-state index in [4.69, 9.17) is 5.73 Å². The minimum absolute atomic E-state index is 0.371. The summed E-state index contributed by atoms with van der Waals surface area (Å²) < 4.78 is 0. The van der Waals surface area contributed by atoms with Crippen molar-refractivity contribution < 1.29 is 9.59 Å². The van der Waals surface area contributed by atoms with Gasteiger partial charge < -0.3 is 10.6 Å². The molecule has 1 aromatic rings. The normalized spacial score (nSPS) is 19.8. The summed E-state index contributed by atoms with van der Waals surface area (Å²) in [6, 6.07) is 7.61. The Bertz CT molecular complexity index is 582. The Balaban J connectivity index is 1.43. The standard InChI is InChI=1S/C21H30N2O2/c22-21(25)19-8-6-17(7-9-19)14-18-10-12-23(13-11-18)20(24)15-16-4-2-1-3-5-16/h6-9,16,18H,1-5,10-15H2,(H2,22,25). The molecule has 1 aliphatic heterocycles. The number of primary amides is 1. The van der Waals surface area contributed by atoms with Gasteiger partial charge in [-0.2, -0.15) is 0 Å². The second kappa shape index (κ2) is 8.50. The van der Waals surface area contributed by atoms with Crippen LogP contribution in [0.2, 0.25) is 0 Å². The lowest BCUT2D eigenvalue weighted by Crippen LogP contribution is -2.39. The third-order valence-electron chi connectivity index (χ3n) is 5.92. The number of carbonyl (C=O) groups is 2. The molecule has 136 valence electrons. The predicted octanol–water partition coefficient (Wildman–Crippen LogP) is 3.54. The van der Waals surface area contributed by atoms with Gasteiger partial charge in [-0.1, -0.05) is 31.4 Å². The van der Waals surface area contributed by atoms with Gasteiger partial charge in [-0.3, -0.25) is 9.59 Å². The second-order valence-corrected chi connectivity index (χ2v) is 7.80. The van der Waals surface area contributed by atoms with Crippen molar-refractivity contribution >= 4 is 11.8 Å². The molecule has 4 nitrogen and oxygen atoms in total. The minimum Gasteiger partial charge on any atom is -0.366 e. The fourth-order valence-electron chi connectivity index (χ4n) is 4.29. The van der Waals surface area contributed by atoms with Gasteiger partial charge in [0.05, 0.1) is 0 Å². The van der Waals surface area contributed by atoms with E-state index in [1.165, 1.54) is 37.7 Å². The van der Waals surface area contributed by atoms with Crippen LogP contribution in [0.15, 0.2) is 24.3 Å². The van der Waals surface area contributed by atoms with Crippen molar-refractivity contribution in [3.63, 3.8) is 0 Å². The maximum atomic E-state index is 12.5. The molecule has 0 atom stereocenters. The third kappa shape index (κ3) is 5.07. The van der Waals surface area contributed by atoms with Crippen LogP contribution in [0.1, 0.15) is 67.3 Å². The number of piperidine rings is 1. The Morgan fingerprint density at radius 1 is 0.920 bits per heavy atom. The maximum Gasteiger partial charge on any atom is 0.248 e. The molecule has 0 radical (unpaired) electrons. The first kappa shape index (κ1) is 18.0. The van der Waals surface area contributed by atoms with E-state index in [-0.39, 0.29) is 5.91 Å². The zero-order valence-electron chi connectivity index (χ0n) is 15.1. The van der Waals surface area contributed by atoms with E-state index < -0.39 is 0 Å². The Morgan fingerprint density at radius 3 is 2.16 bits per heavy atom. The molecule has 2 amide bonds. The Kier molecular flexibility index (Phi) is 6.11. The predicted molar refractivity (Wildman–Crippen MR) is 99.2 cm³/mol. The smallest absolute Gasteiger partial charge is 0.248 e. The Morgan fingerprint density at radius 2 is 1.56 bits per heavy atom. The van der Waals surface area contributed by atoms with Crippen molar-refractivity contribution in [3.05, 3.63) is 35.4 Å². The van der Waals surface area contributed by atoms with E-state index in [1.54, 1.807) is 12.1 Å². The molecule has 2 N–H and O–H groups in total. The number of nitrogens with two attached hydrogens (primary N) is 1. The van der Waals surface area contributed by atoms with Crippen LogP contribution in [-0.4, -0.2) is 29.8 Å². The van der Waals surface area contributed by atoms with Crippen LogP contribution in [-0.2, 0) is 11.2 Å². The van der Waals surface area contributed by atoms with E-state index in [1.807, 2.05) is 12.1 Å². The number of nitrogens with zero attached hydrogens (tertiary/aromatic N) is 1. The Labute approximate surface area is 150 Å². The molecule has 1 aliphatic carbocycles. The molecule has 1 saturated heterocycles. The third-order valence-corrected chi connectivity index (χ3v) is 5.92. The zero-order valence-corrected chi connectivity index (χ0v) is 15.1. The number of carbonyl (C=O) groups excluding carboxylic acids is 2. The highest BCUT2D eigenvalue weighted by Crippen LogP contribution is 2.28. The quantitative estimate of drug-likeness (QED) is 0.889. The zero-order chi connectivity index (χ0) is 17.6. The first-order valence-electron chi connectivity index (χ1n) is 9.78. The summed E-state index contributed by atoms with van der Waals surface area (Å²) in [5.41, 5.74) is 7.09. The fraction of sp³-hybridized carbons (Fsp3) is 0.619. The summed E-state index contributed by atoms with van der Waals surface area (Å²) in [7, 11) is 0. The van der Waals surface area contributed by atoms with Crippen LogP contribution in [0.4, 0.5) is 0 Å². The first-order chi connectivity index (χ1) is 12.1.